The molecular formula is C24H21N3OS. The van der Waals surface area contributed by atoms with Crippen LogP contribution in [0, 0.1) is 0 Å². The summed E-state index contributed by atoms with van der Waals surface area (Å²) in [6.07, 6.45) is 0. The predicted molar refractivity (Wildman–Crippen MR) is 122 cm³/mol. The van der Waals surface area contributed by atoms with Crippen LogP contribution in [0.4, 0.5) is 11.4 Å². The van der Waals surface area contributed by atoms with Gasteiger partial charge in [0.2, 0.25) is 0 Å². The van der Waals surface area contributed by atoms with Crippen LogP contribution in [0.2, 0.25) is 0 Å². The number of benzene rings is 3. The van der Waals surface area contributed by atoms with Gasteiger partial charge in [0.1, 0.15) is 5.01 Å². The molecule has 144 valence electrons. The Hall–Kier alpha value is -3.44. The molecule has 0 atom stereocenters. The predicted octanol–water partition coefficient (Wildman–Crippen LogP) is 5.80. The largest absolute Gasteiger partial charge is 0.378 e. The van der Waals surface area contributed by atoms with Gasteiger partial charge in [0.25, 0.3) is 5.91 Å². The Bertz CT molecular complexity index is 1100. The number of hydrogen-bond acceptors (Lipinski definition) is 4. The number of rotatable bonds is 5. The molecule has 0 aliphatic rings. The topological polar surface area (TPSA) is 45.2 Å². The van der Waals surface area contributed by atoms with E-state index in [4.69, 9.17) is 4.98 Å². The van der Waals surface area contributed by atoms with Crippen molar-refractivity contribution in [1.82, 2.24) is 4.98 Å². The third-order valence-electron chi connectivity index (χ3n) is 4.61. The highest BCUT2D eigenvalue weighted by Crippen LogP contribution is 2.29. The Morgan fingerprint density at radius 2 is 1.55 bits per heavy atom. The lowest BCUT2D eigenvalue weighted by atomic mass is 10.1. The monoisotopic (exact) mass is 399 g/mol. The van der Waals surface area contributed by atoms with Gasteiger partial charge in [-0.05, 0) is 36.4 Å². The Kier molecular flexibility index (Phi) is 5.40. The SMILES string of the molecule is CN(C)c1ccc(C(=O)Nc2ccc(-c3csc(-c4ccccc4)n3)cc2)cc1. The summed E-state index contributed by atoms with van der Waals surface area (Å²) in [5.41, 5.74) is 5.53. The number of carbonyl (C=O) groups excluding carboxylic acids is 1. The third kappa shape index (κ3) is 4.36. The highest BCUT2D eigenvalue weighted by molar-refractivity contribution is 7.13. The molecular weight excluding hydrogens is 378 g/mol. The molecule has 1 N–H and O–H groups in total. The van der Waals surface area contributed by atoms with Crippen molar-refractivity contribution in [2.75, 3.05) is 24.3 Å². The number of hydrogen-bond donors (Lipinski definition) is 1. The van der Waals surface area contributed by atoms with Gasteiger partial charge in [-0.25, -0.2) is 4.98 Å². The Balaban J connectivity index is 1.45. The molecule has 0 spiro atoms. The zero-order valence-corrected chi connectivity index (χ0v) is 17.1. The molecule has 0 unspecified atom stereocenters. The summed E-state index contributed by atoms with van der Waals surface area (Å²) in [5, 5.41) is 6.00. The Morgan fingerprint density at radius 3 is 2.21 bits per heavy atom. The lowest BCUT2D eigenvalue weighted by Gasteiger charge is -2.12. The van der Waals surface area contributed by atoms with Crippen molar-refractivity contribution in [2.45, 2.75) is 0 Å². The van der Waals surface area contributed by atoms with Gasteiger partial charge in [-0.15, -0.1) is 11.3 Å². The normalized spacial score (nSPS) is 10.6. The summed E-state index contributed by atoms with van der Waals surface area (Å²) in [4.78, 5) is 19.2. The maximum absolute atomic E-state index is 12.5. The van der Waals surface area contributed by atoms with Crippen LogP contribution in [0.15, 0.2) is 84.2 Å². The van der Waals surface area contributed by atoms with Crippen molar-refractivity contribution in [3.63, 3.8) is 0 Å². The van der Waals surface area contributed by atoms with Crippen LogP contribution in [0.5, 0.6) is 0 Å². The maximum atomic E-state index is 12.5. The van der Waals surface area contributed by atoms with Gasteiger partial charge in [-0.1, -0.05) is 42.5 Å². The van der Waals surface area contributed by atoms with Gasteiger partial charge in [-0.3, -0.25) is 4.79 Å². The molecule has 4 nitrogen and oxygen atoms in total. The number of nitrogens with one attached hydrogen (secondary N) is 1. The number of anilines is 2. The molecule has 29 heavy (non-hydrogen) atoms. The number of nitrogens with zero attached hydrogens (tertiary/aromatic N) is 2. The fourth-order valence-corrected chi connectivity index (χ4v) is 3.79. The number of thiazole rings is 1. The quantitative estimate of drug-likeness (QED) is 0.462. The zero-order valence-electron chi connectivity index (χ0n) is 16.3. The fourth-order valence-electron chi connectivity index (χ4n) is 2.96. The second kappa shape index (κ2) is 8.29. The second-order valence-corrected chi connectivity index (χ2v) is 7.73. The first-order valence-electron chi connectivity index (χ1n) is 9.30. The van der Waals surface area contributed by atoms with Crippen LogP contribution in [-0.2, 0) is 0 Å². The number of amides is 1. The van der Waals surface area contributed by atoms with E-state index >= 15 is 0 Å². The van der Waals surface area contributed by atoms with Gasteiger partial charge in [-0.2, -0.15) is 0 Å². The van der Waals surface area contributed by atoms with Crippen molar-refractivity contribution in [1.29, 1.82) is 0 Å². The first kappa shape index (κ1) is 18.9. The van der Waals surface area contributed by atoms with Crippen molar-refractivity contribution in [2.24, 2.45) is 0 Å². The van der Waals surface area contributed by atoms with E-state index in [1.807, 2.05) is 85.7 Å². The van der Waals surface area contributed by atoms with Crippen molar-refractivity contribution < 1.29 is 4.79 Å². The summed E-state index contributed by atoms with van der Waals surface area (Å²) in [6.45, 7) is 0. The van der Waals surface area contributed by atoms with Crippen LogP contribution in [0.3, 0.4) is 0 Å². The first-order chi connectivity index (χ1) is 14.1. The molecule has 1 aromatic heterocycles. The summed E-state index contributed by atoms with van der Waals surface area (Å²) in [5.74, 6) is -0.122. The molecule has 0 aliphatic heterocycles. The van der Waals surface area contributed by atoms with Gasteiger partial charge in [0.15, 0.2) is 0 Å². The maximum Gasteiger partial charge on any atom is 0.255 e. The van der Waals surface area contributed by atoms with Crippen LogP contribution < -0.4 is 10.2 Å². The summed E-state index contributed by atoms with van der Waals surface area (Å²) < 4.78 is 0. The minimum Gasteiger partial charge on any atom is -0.378 e. The van der Waals surface area contributed by atoms with E-state index < -0.39 is 0 Å². The Labute approximate surface area is 174 Å². The lowest BCUT2D eigenvalue weighted by Crippen LogP contribution is -2.13. The minimum atomic E-state index is -0.122. The molecule has 0 aliphatic carbocycles. The van der Waals surface area contributed by atoms with Crippen LogP contribution in [0.25, 0.3) is 21.8 Å². The van der Waals surface area contributed by atoms with Crippen molar-refractivity contribution in [3.8, 4) is 21.8 Å². The van der Waals surface area contributed by atoms with Gasteiger partial charge < -0.3 is 10.2 Å². The average molecular weight is 400 g/mol. The molecule has 4 aromatic rings. The van der Waals surface area contributed by atoms with Crippen LogP contribution in [-0.4, -0.2) is 25.0 Å². The van der Waals surface area contributed by atoms with E-state index in [0.717, 1.165) is 33.2 Å². The smallest absolute Gasteiger partial charge is 0.255 e. The molecule has 0 bridgehead atoms. The van der Waals surface area contributed by atoms with E-state index in [2.05, 4.69) is 22.8 Å². The standard InChI is InChI=1S/C24H21N3OS/c1-27(2)21-14-10-18(11-15-21)23(28)25-20-12-8-17(9-13-20)22-16-29-24(26-22)19-6-4-3-5-7-19/h3-16H,1-2H3,(H,25,28). The molecule has 1 heterocycles. The molecule has 0 fully saturated rings. The lowest BCUT2D eigenvalue weighted by molar-refractivity contribution is 0.102. The van der Waals surface area contributed by atoms with Gasteiger partial charge >= 0.3 is 0 Å². The van der Waals surface area contributed by atoms with Crippen LogP contribution >= 0.6 is 11.3 Å². The zero-order chi connectivity index (χ0) is 20.2. The third-order valence-corrected chi connectivity index (χ3v) is 5.50. The molecule has 1 amide bonds. The molecule has 5 heteroatoms. The van der Waals surface area contributed by atoms with Gasteiger partial charge in [0, 0.05) is 47.5 Å². The molecule has 0 saturated heterocycles. The van der Waals surface area contributed by atoms with E-state index in [9.17, 15) is 4.79 Å². The van der Waals surface area contributed by atoms with Crippen molar-refractivity contribution >= 4 is 28.6 Å². The summed E-state index contributed by atoms with van der Waals surface area (Å²) in [6, 6.07) is 25.5. The highest BCUT2D eigenvalue weighted by Gasteiger charge is 2.09. The summed E-state index contributed by atoms with van der Waals surface area (Å²) >= 11 is 1.63. The second-order valence-electron chi connectivity index (χ2n) is 6.88. The summed E-state index contributed by atoms with van der Waals surface area (Å²) in [7, 11) is 3.95. The van der Waals surface area contributed by atoms with Crippen LogP contribution in [0.1, 0.15) is 10.4 Å². The fraction of sp³-hybridized carbons (Fsp3) is 0.0833. The minimum absolute atomic E-state index is 0.122. The average Bonchev–Trinajstić information content (AvgIpc) is 3.25. The van der Waals surface area contributed by atoms with E-state index in [0.29, 0.717) is 5.56 Å². The molecule has 3 aromatic carbocycles. The van der Waals surface area contributed by atoms with Gasteiger partial charge in [0.05, 0.1) is 5.69 Å². The van der Waals surface area contributed by atoms with E-state index in [1.54, 1.807) is 11.3 Å². The number of carbonyl (C=O) groups is 1. The number of aromatic nitrogens is 1. The Morgan fingerprint density at radius 1 is 0.862 bits per heavy atom. The first-order valence-corrected chi connectivity index (χ1v) is 10.2. The van der Waals surface area contributed by atoms with E-state index in [1.165, 1.54) is 0 Å². The molecule has 4 rings (SSSR count). The molecule has 0 saturated carbocycles. The van der Waals surface area contributed by atoms with Crippen molar-refractivity contribution in [3.05, 3.63) is 89.8 Å². The molecule has 0 radical (unpaired) electrons. The van der Waals surface area contributed by atoms with E-state index in [-0.39, 0.29) is 5.91 Å². The highest BCUT2D eigenvalue weighted by atomic mass is 32.1.